The molecule has 0 atom stereocenters. The number of benzene rings is 1. The van der Waals surface area contributed by atoms with Gasteiger partial charge in [0.2, 0.25) is 0 Å². The summed E-state index contributed by atoms with van der Waals surface area (Å²) in [5.41, 5.74) is 1.96. The first-order chi connectivity index (χ1) is 8.49. The fourth-order valence-corrected chi connectivity index (χ4v) is 2.63. The molecule has 2 aromatic rings. The highest BCUT2D eigenvalue weighted by molar-refractivity contribution is 7.15. The number of aryl methyl sites for hydroxylation is 1. The van der Waals surface area contributed by atoms with E-state index in [1.165, 1.54) is 10.9 Å². The van der Waals surface area contributed by atoms with Crippen molar-refractivity contribution in [2.24, 2.45) is 0 Å². The van der Waals surface area contributed by atoms with Crippen LogP contribution in [0.15, 0.2) is 24.4 Å². The SMILES string of the molecule is Cc1ccc([N+](=O)[O-])cc1-c1ncc(C(C)C)s1. The second kappa shape index (κ2) is 4.86. The van der Waals surface area contributed by atoms with Crippen LogP contribution in [0, 0.1) is 17.0 Å². The van der Waals surface area contributed by atoms with E-state index >= 15 is 0 Å². The van der Waals surface area contributed by atoms with Gasteiger partial charge in [-0.05, 0) is 18.4 Å². The maximum absolute atomic E-state index is 10.8. The summed E-state index contributed by atoms with van der Waals surface area (Å²) in [5.74, 6) is 0.426. The van der Waals surface area contributed by atoms with Crippen LogP contribution < -0.4 is 0 Å². The Kier molecular flexibility index (Phi) is 3.43. The molecular weight excluding hydrogens is 248 g/mol. The van der Waals surface area contributed by atoms with Crippen LogP contribution in [0.2, 0.25) is 0 Å². The van der Waals surface area contributed by atoms with E-state index < -0.39 is 0 Å². The fourth-order valence-electron chi connectivity index (χ4n) is 1.63. The van der Waals surface area contributed by atoms with E-state index in [4.69, 9.17) is 0 Å². The topological polar surface area (TPSA) is 56.0 Å². The number of non-ortho nitro benzene ring substituents is 1. The third-order valence-electron chi connectivity index (χ3n) is 2.75. The molecule has 4 nitrogen and oxygen atoms in total. The van der Waals surface area contributed by atoms with Crippen molar-refractivity contribution in [2.45, 2.75) is 26.7 Å². The van der Waals surface area contributed by atoms with Crippen molar-refractivity contribution >= 4 is 17.0 Å². The summed E-state index contributed by atoms with van der Waals surface area (Å²) in [6.45, 7) is 6.16. The first-order valence-electron chi connectivity index (χ1n) is 5.70. The highest BCUT2D eigenvalue weighted by atomic mass is 32.1. The smallest absolute Gasteiger partial charge is 0.258 e. The average molecular weight is 262 g/mol. The van der Waals surface area contributed by atoms with Gasteiger partial charge in [0, 0.05) is 28.8 Å². The summed E-state index contributed by atoms with van der Waals surface area (Å²) < 4.78 is 0. The number of aromatic nitrogens is 1. The lowest BCUT2D eigenvalue weighted by atomic mass is 10.1. The number of rotatable bonds is 3. The van der Waals surface area contributed by atoms with E-state index in [1.54, 1.807) is 23.5 Å². The number of hydrogen-bond donors (Lipinski definition) is 0. The summed E-state index contributed by atoms with van der Waals surface area (Å²) in [4.78, 5) is 16.0. The maximum Gasteiger partial charge on any atom is 0.270 e. The number of nitro benzene ring substituents is 1. The van der Waals surface area contributed by atoms with E-state index in [-0.39, 0.29) is 10.6 Å². The van der Waals surface area contributed by atoms with E-state index in [0.29, 0.717) is 5.92 Å². The van der Waals surface area contributed by atoms with Gasteiger partial charge in [-0.2, -0.15) is 0 Å². The molecule has 0 aliphatic rings. The van der Waals surface area contributed by atoms with Gasteiger partial charge in [-0.25, -0.2) is 4.98 Å². The van der Waals surface area contributed by atoms with Crippen LogP contribution in [0.5, 0.6) is 0 Å². The van der Waals surface area contributed by atoms with Crippen molar-refractivity contribution in [3.63, 3.8) is 0 Å². The van der Waals surface area contributed by atoms with Gasteiger partial charge in [-0.3, -0.25) is 10.1 Å². The Labute approximate surface area is 109 Å². The Morgan fingerprint density at radius 3 is 2.67 bits per heavy atom. The molecule has 94 valence electrons. The van der Waals surface area contributed by atoms with Gasteiger partial charge in [-0.1, -0.05) is 19.9 Å². The van der Waals surface area contributed by atoms with Gasteiger partial charge in [0.05, 0.1) is 4.92 Å². The van der Waals surface area contributed by atoms with Crippen molar-refractivity contribution in [1.29, 1.82) is 0 Å². The zero-order chi connectivity index (χ0) is 13.3. The molecule has 0 aliphatic heterocycles. The van der Waals surface area contributed by atoms with Crippen molar-refractivity contribution in [2.75, 3.05) is 0 Å². The van der Waals surface area contributed by atoms with E-state index in [9.17, 15) is 10.1 Å². The van der Waals surface area contributed by atoms with Crippen LogP contribution in [-0.2, 0) is 0 Å². The molecule has 5 heteroatoms. The van der Waals surface area contributed by atoms with Gasteiger partial charge in [-0.15, -0.1) is 11.3 Å². The summed E-state index contributed by atoms with van der Waals surface area (Å²) in [7, 11) is 0. The lowest BCUT2D eigenvalue weighted by Gasteiger charge is -2.02. The first kappa shape index (κ1) is 12.7. The van der Waals surface area contributed by atoms with Crippen molar-refractivity contribution in [1.82, 2.24) is 4.98 Å². The van der Waals surface area contributed by atoms with Crippen LogP contribution in [-0.4, -0.2) is 9.91 Å². The van der Waals surface area contributed by atoms with Crippen LogP contribution >= 0.6 is 11.3 Å². The molecule has 0 radical (unpaired) electrons. The lowest BCUT2D eigenvalue weighted by molar-refractivity contribution is -0.384. The molecule has 1 heterocycles. The lowest BCUT2D eigenvalue weighted by Crippen LogP contribution is -1.90. The Morgan fingerprint density at radius 2 is 2.11 bits per heavy atom. The zero-order valence-corrected chi connectivity index (χ0v) is 11.3. The molecular formula is C13H14N2O2S. The monoisotopic (exact) mass is 262 g/mol. The molecule has 0 saturated carbocycles. The summed E-state index contributed by atoms with van der Waals surface area (Å²) in [6, 6.07) is 4.89. The standard InChI is InChI=1S/C13H14N2O2S/c1-8(2)12-7-14-13(18-12)11-6-10(15(16)17)5-4-9(11)3/h4-8H,1-3H3. The summed E-state index contributed by atoms with van der Waals surface area (Å²) >= 11 is 1.59. The molecule has 0 aliphatic carbocycles. The first-order valence-corrected chi connectivity index (χ1v) is 6.52. The van der Waals surface area contributed by atoms with Gasteiger partial charge in [0.1, 0.15) is 5.01 Å². The van der Waals surface area contributed by atoms with Gasteiger partial charge in [0.15, 0.2) is 0 Å². The number of nitro groups is 1. The minimum absolute atomic E-state index is 0.108. The van der Waals surface area contributed by atoms with E-state index in [0.717, 1.165) is 16.1 Å². The molecule has 2 rings (SSSR count). The van der Waals surface area contributed by atoms with Crippen LogP contribution in [0.4, 0.5) is 5.69 Å². The van der Waals surface area contributed by atoms with Crippen LogP contribution in [0.25, 0.3) is 10.6 Å². The summed E-state index contributed by atoms with van der Waals surface area (Å²) in [5, 5.41) is 11.6. The van der Waals surface area contributed by atoms with Crippen LogP contribution in [0.3, 0.4) is 0 Å². The zero-order valence-electron chi connectivity index (χ0n) is 10.5. The minimum Gasteiger partial charge on any atom is -0.258 e. The minimum atomic E-state index is -0.375. The van der Waals surface area contributed by atoms with Gasteiger partial charge in [0.25, 0.3) is 5.69 Å². The van der Waals surface area contributed by atoms with Crippen molar-refractivity contribution in [3.05, 3.63) is 45.0 Å². The normalized spacial score (nSPS) is 10.9. The number of nitrogens with zero attached hydrogens (tertiary/aromatic N) is 2. The Morgan fingerprint density at radius 1 is 1.39 bits per heavy atom. The Hall–Kier alpha value is -1.75. The predicted molar refractivity (Wildman–Crippen MR) is 73.0 cm³/mol. The molecule has 1 aromatic carbocycles. The average Bonchev–Trinajstić information content (AvgIpc) is 2.78. The molecule has 18 heavy (non-hydrogen) atoms. The molecule has 0 N–H and O–H groups in total. The second-order valence-electron chi connectivity index (χ2n) is 4.48. The fraction of sp³-hybridized carbons (Fsp3) is 0.308. The molecule has 1 aromatic heterocycles. The molecule has 0 bridgehead atoms. The largest absolute Gasteiger partial charge is 0.270 e. The number of thiazole rings is 1. The molecule has 0 amide bonds. The van der Waals surface area contributed by atoms with E-state index in [1.807, 2.05) is 13.1 Å². The van der Waals surface area contributed by atoms with Crippen molar-refractivity contribution < 1.29 is 4.92 Å². The Bertz CT molecular complexity index is 590. The third-order valence-corrected chi connectivity index (χ3v) is 4.09. The predicted octanol–water partition coefficient (Wildman–Crippen LogP) is 4.15. The van der Waals surface area contributed by atoms with E-state index in [2.05, 4.69) is 18.8 Å². The second-order valence-corrected chi connectivity index (χ2v) is 5.54. The number of hydrogen-bond acceptors (Lipinski definition) is 4. The Balaban J connectivity index is 2.48. The van der Waals surface area contributed by atoms with Crippen molar-refractivity contribution in [3.8, 4) is 10.6 Å². The van der Waals surface area contributed by atoms with Crippen LogP contribution in [0.1, 0.15) is 30.2 Å². The molecule has 0 unspecified atom stereocenters. The summed E-state index contributed by atoms with van der Waals surface area (Å²) in [6.07, 6.45) is 1.85. The molecule has 0 spiro atoms. The highest BCUT2D eigenvalue weighted by Crippen LogP contribution is 2.33. The third kappa shape index (κ3) is 2.41. The quantitative estimate of drug-likeness (QED) is 0.616. The maximum atomic E-state index is 10.8. The molecule has 0 fully saturated rings. The van der Waals surface area contributed by atoms with Gasteiger partial charge >= 0.3 is 0 Å². The highest BCUT2D eigenvalue weighted by Gasteiger charge is 2.13. The van der Waals surface area contributed by atoms with Gasteiger partial charge < -0.3 is 0 Å². The molecule has 0 saturated heterocycles.